The number of hydrogen-bond donors (Lipinski definition) is 0. The maximum absolute atomic E-state index is 9.43. The van der Waals surface area contributed by atoms with E-state index in [1.165, 1.54) is 4.90 Å². The molecule has 0 spiro atoms. The van der Waals surface area contributed by atoms with Gasteiger partial charge >= 0.3 is 0 Å². The molecule has 0 aliphatic rings. The van der Waals surface area contributed by atoms with Crippen molar-refractivity contribution in [3.8, 4) is 44.5 Å². The topological polar surface area (TPSA) is 3.24 Å². The van der Waals surface area contributed by atoms with Crippen LogP contribution in [-0.2, 0) is 0 Å². The van der Waals surface area contributed by atoms with E-state index in [-0.39, 0.29) is 16.9 Å². The lowest BCUT2D eigenvalue weighted by Crippen LogP contribution is -2.10. The van der Waals surface area contributed by atoms with Crippen molar-refractivity contribution < 1.29 is 17.8 Å². The second kappa shape index (κ2) is 12.7. The SMILES string of the molecule is [2H]c1c([2H])c([2H])c(-c2c([2H])c([2H])c(N(c3cccc(-c4ccc5ccccc5c4)c3)c3c([2H])c([2H])c(-c4ccc(-c5ccccc5)cc4)c([2H])c3[2H])c([2H])c2[2H])c([2H])c1[2H]. The lowest BCUT2D eigenvalue weighted by Gasteiger charge is -2.26. The first-order valence-electron chi connectivity index (χ1n) is 21.5. The molecule has 1 heteroatoms. The molecule has 0 aromatic heterocycles. The molecular formula is C46H33N. The Labute approximate surface area is 294 Å². The first-order chi connectivity index (χ1) is 28.7. The molecule has 222 valence electrons. The summed E-state index contributed by atoms with van der Waals surface area (Å²) in [6.07, 6.45) is 0. The van der Waals surface area contributed by atoms with Crippen LogP contribution in [0.15, 0.2) is 200 Å². The molecule has 0 saturated heterocycles. The van der Waals surface area contributed by atoms with Crippen molar-refractivity contribution in [3.63, 3.8) is 0 Å². The zero-order chi connectivity index (χ0) is 42.7. The highest BCUT2D eigenvalue weighted by atomic mass is 15.1. The molecule has 0 amide bonds. The molecule has 8 aromatic rings. The average Bonchev–Trinajstić information content (AvgIpc) is 3.27. The Hall–Kier alpha value is -6.18. The third-order valence-corrected chi connectivity index (χ3v) is 7.89. The van der Waals surface area contributed by atoms with Gasteiger partial charge in [-0.3, -0.25) is 0 Å². The van der Waals surface area contributed by atoms with E-state index >= 15 is 0 Å². The number of rotatable bonds is 7. The Morgan fingerprint density at radius 3 is 1.47 bits per heavy atom. The van der Waals surface area contributed by atoms with Crippen LogP contribution in [0.4, 0.5) is 17.1 Å². The molecule has 0 atom stereocenters. The summed E-state index contributed by atoms with van der Waals surface area (Å²) in [6.45, 7) is 0. The highest BCUT2D eigenvalue weighted by Gasteiger charge is 2.15. The van der Waals surface area contributed by atoms with Gasteiger partial charge in [-0.15, -0.1) is 0 Å². The van der Waals surface area contributed by atoms with Gasteiger partial charge < -0.3 is 4.90 Å². The fourth-order valence-corrected chi connectivity index (χ4v) is 5.50. The quantitative estimate of drug-likeness (QED) is 0.173. The van der Waals surface area contributed by atoms with Gasteiger partial charge in [0.15, 0.2) is 0 Å². The Kier molecular flexibility index (Phi) is 4.72. The van der Waals surface area contributed by atoms with Gasteiger partial charge in [-0.2, -0.15) is 0 Å². The molecular weight excluding hydrogens is 567 g/mol. The lowest BCUT2D eigenvalue weighted by atomic mass is 9.99. The van der Waals surface area contributed by atoms with Crippen LogP contribution in [0.3, 0.4) is 0 Å². The van der Waals surface area contributed by atoms with Crippen molar-refractivity contribution in [1.29, 1.82) is 0 Å². The van der Waals surface area contributed by atoms with E-state index in [9.17, 15) is 8.22 Å². The van der Waals surface area contributed by atoms with Crippen molar-refractivity contribution in [3.05, 3.63) is 200 Å². The molecule has 0 aliphatic carbocycles. The van der Waals surface area contributed by atoms with Crippen LogP contribution in [0.25, 0.3) is 55.3 Å². The summed E-state index contributed by atoms with van der Waals surface area (Å²) in [5.41, 5.74) is 2.13. The van der Waals surface area contributed by atoms with Crippen molar-refractivity contribution in [2.45, 2.75) is 0 Å². The standard InChI is InChI=1S/C46H33N/c1-3-10-34(11-4-1)37-18-20-38(21-19-37)40-26-30-45(31-27-40)47(44-28-24-39(25-29-44)35-12-5-2-6-13-35)46-17-9-16-42(33-46)43-23-22-36-14-7-8-15-41(36)32-43/h1-33H/i2D,5D,6D,12D,13D,24D,25D,26D,27D,28D,29D,30D,31D. The Bertz CT molecular complexity index is 2940. The number of benzene rings is 8. The molecule has 0 heterocycles. The zero-order valence-electron chi connectivity index (χ0n) is 38.0. The molecule has 8 rings (SSSR count). The van der Waals surface area contributed by atoms with Gasteiger partial charge in [0.25, 0.3) is 0 Å². The van der Waals surface area contributed by atoms with E-state index in [4.69, 9.17) is 9.60 Å². The normalized spacial score (nSPS) is 14.9. The van der Waals surface area contributed by atoms with E-state index < -0.39 is 95.4 Å². The highest BCUT2D eigenvalue weighted by Crippen LogP contribution is 2.39. The van der Waals surface area contributed by atoms with Gasteiger partial charge in [-0.05, 0) is 97.6 Å². The van der Waals surface area contributed by atoms with Crippen LogP contribution in [0.5, 0.6) is 0 Å². The largest absolute Gasteiger partial charge is 0.310 e. The molecule has 0 saturated carbocycles. The second-order valence-corrected chi connectivity index (χ2v) is 10.8. The summed E-state index contributed by atoms with van der Waals surface area (Å²) in [5.74, 6) is 0. The molecule has 8 aromatic carbocycles. The summed E-state index contributed by atoms with van der Waals surface area (Å²) in [4.78, 5) is 1.18. The third kappa shape index (κ3) is 5.95. The molecule has 0 radical (unpaired) electrons. The Morgan fingerprint density at radius 1 is 0.298 bits per heavy atom. The summed E-state index contributed by atoms with van der Waals surface area (Å²) in [7, 11) is 0. The van der Waals surface area contributed by atoms with Crippen LogP contribution in [0.2, 0.25) is 0 Å². The third-order valence-electron chi connectivity index (χ3n) is 7.89. The van der Waals surface area contributed by atoms with Gasteiger partial charge in [-0.25, -0.2) is 0 Å². The molecule has 0 N–H and O–H groups in total. The van der Waals surface area contributed by atoms with E-state index in [1.807, 2.05) is 91.0 Å². The highest BCUT2D eigenvalue weighted by molar-refractivity contribution is 5.89. The fourth-order valence-electron chi connectivity index (χ4n) is 5.50. The molecule has 0 fully saturated rings. The molecule has 0 unspecified atom stereocenters. The van der Waals surface area contributed by atoms with Crippen LogP contribution in [0.1, 0.15) is 17.8 Å². The average molecular weight is 613 g/mol. The van der Waals surface area contributed by atoms with Gasteiger partial charge in [0.05, 0.1) is 17.8 Å². The molecule has 47 heavy (non-hydrogen) atoms. The van der Waals surface area contributed by atoms with E-state index in [0.29, 0.717) is 11.1 Å². The number of nitrogens with zero attached hydrogens (tertiary/aromatic N) is 1. The predicted molar refractivity (Wildman–Crippen MR) is 200 cm³/mol. The summed E-state index contributed by atoms with van der Waals surface area (Å²) >= 11 is 0. The minimum atomic E-state index is -0.731. The summed E-state index contributed by atoms with van der Waals surface area (Å²) in [5, 5.41) is 1.98. The van der Waals surface area contributed by atoms with E-state index in [1.54, 1.807) is 30.3 Å². The summed E-state index contributed by atoms with van der Waals surface area (Å²) in [6, 6.07) is 29.0. The molecule has 1 nitrogen and oxygen atoms in total. The fraction of sp³-hybridized carbons (Fsp3) is 0. The number of anilines is 3. The maximum atomic E-state index is 9.43. The van der Waals surface area contributed by atoms with Gasteiger partial charge in [0, 0.05) is 17.1 Å². The smallest absolute Gasteiger partial charge is 0.0645 e. The number of fused-ring (bicyclic) bond motifs is 1. The van der Waals surface area contributed by atoms with Crippen LogP contribution in [0, 0.1) is 0 Å². The maximum Gasteiger partial charge on any atom is 0.0645 e. The van der Waals surface area contributed by atoms with Gasteiger partial charge in [-0.1, -0.05) is 158 Å². The zero-order valence-corrected chi connectivity index (χ0v) is 25.0. The predicted octanol–water partition coefficient (Wildman–Crippen LogP) is 13.0. The van der Waals surface area contributed by atoms with E-state index in [0.717, 1.165) is 27.5 Å². The van der Waals surface area contributed by atoms with Gasteiger partial charge in [0.2, 0.25) is 0 Å². The summed E-state index contributed by atoms with van der Waals surface area (Å²) < 4.78 is 116. The molecule has 0 aliphatic heterocycles. The van der Waals surface area contributed by atoms with Crippen molar-refractivity contribution in [2.75, 3.05) is 4.90 Å². The van der Waals surface area contributed by atoms with Crippen molar-refractivity contribution in [1.82, 2.24) is 0 Å². The van der Waals surface area contributed by atoms with Gasteiger partial charge in [0.1, 0.15) is 0 Å². The first kappa shape index (κ1) is 17.5. The lowest BCUT2D eigenvalue weighted by molar-refractivity contribution is 1.28. The van der Waals surface area contributed by atoms with Crippen molar-refractivity contribution in [2.24, 2.45) is 0 Å². The first-order valence-corrected chi connectivity index (χ1v) is 15.0. The number of hydrogen-bond acceptors (Lipinski definition) is 1. The molecule has 0 bridgehead atoms. The van der Waals surface area contributed by atoms with Crippen LogP contribution in [-0.4, -0.2) is 0 Å². The Balaban J connectivity index is 1.38. The monoisotopic (exact) mass is 612 g/mol. The second-order valence-electron chi connectivity index (χ2n) is 10.8. The van der Waals surface area contributed by atoms with Crippen LogP contribution >= 0.6 is 0 Å². The van der Waals surface area contributed by atoms with Crippen molar-refractivity contribution >= 4 is 27.8 Å². The minimum absolute atomic E-state index is 0.0225. The van der Waals surface area contributed by atoms with Crippen LogP contribution < -0.4 is 4.90 Å². The Morgan fingerprint density at radius 2 is 0.787 bits per heavy atom. The minimum Gasteiger partial charge on any atom is -0.310 e. The van der Waals surface area contributed by atoms with E-state index in [2.05, 4.69) is 0 Å².